The first kappa shape index (κ1) is 22.8. The van der Waals surface area contributed by atoms with Gasteiger partial charge < -0.3 is 19.5 Å². The molecule has 5 rings (SSSR count). The van der Waals surface area contributed by atoms with Crippen molar-refractivity contribution in [3.05, 3.63) is 72.3 Å². The van der Waals surface area contributed by atoms with Gasteiger partial charge in [-0.1, -0.05) is 35.5 Å². The molecular formula is C25H22N8O3. The Labute approximate surface area is 206 Å². The summed E-state index contributed by atoms with van der Waals surface area (Å²) >= 11 is 0. The summed E-state index contributed by atoms with van der Waals surface area (Å²) in [4.78, 5) is 37.5. The van der Waals surface area contributed by atoms with E-state index in [2.05, 4.69) is 31.2 Å². The first-order chi connectivity index (χ1) is 17.6. The number of rotatable bonds is 6. The maximum absolute atomic E-state index is 13.3. The zero-order valence-electron chi connectivity index (χ0n) is 19.5. The number of aromatic nitrogens is 5. The lowest BCUT2D eigenvalue weighted by molar-refractivity contribution is -0.127. The molecule has 0 atom stereocenters. The van der Waals surface area contributed by atoms with Gasteiger partial charge in [-0.2, -0.15) is 5.26 Å². The van der Waals surface area contributed by atoms with E-state index in [0.717, 1.165) is 11.3 Å². The third kappa shape index (κ3) is 4.05. The van der Waals surface area contributed by atoms with Crippen LogP contribution in [0.5, 0.6) is 5.75 Å². The summed E-state index contributed by atoms with van der Waals surface area (Å²) in [5, 5.41) is 17.5. The number of carbonyl (C=O) groups excluding carboxylic acids is 2. The SMILES string of the molecule is COc1cnc(-n2ccnn2)c2[nH]cc(C(=O)C(=O)N3CCN(C(=CC#N)c4ccccc4)CC3)c12. The Hall–Kier alpha value is -4.98. The van der Waals surface area contributed by atoms with Gasteiger partial charge in [0.15, 0.2) is 5.82 Å². The number of Topliss-reactive ketones (excluding diaryl/α,β-unsaturated/α-hetero) is 1. The van der Waals surface area contributed by atoms with Crippen molar-refractivity contribution in [3.8, 4) is 17.6 Å². The number of nitrogens with one attached hydrogen (secondary N) is 1. The number of ether oxygens (including phenoxy) is 1. The number of H-pyrrole nitrogens is 1. The predicted octanol–water partition coefficient (Wildman–Crippen LogP) is 2.04. The van der Waals surface area contributed by atoms with Gasteiger partial charge in [-0.15, -0.1) is 5.10 Å². The highest BCUT2D eigenvalue weighted by atomic mass is 16.5. The van der Waals surface area contributed by atoms with Crippen LogP contribution in [0.2, 0.25) is 0 Å². The maximum atomic E-state index is 13.3. The van der Waals surface area contributed by atoms with Gasteiger partial charge in [0.1, 0.15) is 5.75 Å². The molecule has 36 heavy (non-hydrogen) atoms. The zero-order valence-corrected chi connectivity index (χ0v) is 19.5. The smallest absolute Gasteiger partial charge is 0.295 e. The van der Waals surface area contributed by atoms with E-state index in [1.165, 1.54) is 36.5 Å². The van der Waals surface area contributed by atoms with Gasteiger partial charge in [-0.25, -0.2) is 9.67 Å². The number of amides is 1. The predicted molar refractivity (Wildman–Crippen MR) is 130 cm³/mol. The summed E-state index contributed by atoms with van der Waals surface area (Å²) < 4.78 is 6.90. The molecule has 0 unspecified atom stereocenters. The van der Waals surface area contributed by atoms with E-state index in [1.807, 2.05) is 30.3 Å². The van der Waals surface area contributed by atoms with Crippen LogP contribution < -0.4 is 4.74 Å². The molecule has 0 bridgehead atoms. The molecule has 4 heterocycles. The van der Waals surface area contributed by atoms with Crippen molar-refractivity contribution in [3.63, 3.8) is 0 Å². The molecule has 3 aromatic heterocycles. The number of nitriles is 1. The number of hydrogen-bond acceptors (Lipinski definition) is 8. The molecule has 0 radical (unpaired) electrons. The molecule has 180 valence electrons. The Bertz CT molecular complexity index is 1480. The highest BCUT2D eigenvalue weighted by Gasteiger charge is 2.30. The van der Waals surface area contributed by atoms with Crippen molar-refractivity contribution in [1.29, 1.82) is 5.26 Å². The molecule has 4 aromatic rings. The Balaban J connectivity index is 1.37. The number of allylic oxidation sites excluding steroid dienone is 1. The van der Waals surface area contributed by atoms with Crippen LogP contribution in [0.4, 0.5) is 0 Å². The van der Waals surface area contributed by atoms with Crippen LogP contribution in [0.15, 0.2) is 61.2 Å². The first-order valence-corrected chi connectivity index (χ1v) is 11.3. The normalized spacial score (nSPS) is 14.1. The molecular weight excluding hydrogens is 460 g/mol. The Morgan fingerprint density at radius 1 is 1.14 bits per heavy atom. The molecule has 1 amide bonds. The van der Waals surface area contributed by atoms with Crippen LogP contribution in [0.25, 0.3) is 22.4 Å². The third-order valence-corrected chi connectivity index (χ3v) is 6.13. The number of aromatic amines is 1. The van der Waals surface area contributed by atoms with Crippen LogP contribution in [-0.4, -0.2) is 79.7 Å². The molecule has 1 aromatic carbocycles. The Morgan fingerprint density at radius 2 is 1.89 bits per heavy atom. The first-order valence-electron chi connectivity index (χ1n) is 11.3. The number of piperazine rings is 1. The largest absolute Gasteiger partial charge is 0.494 e. The van der Waals surface area contributed by atoms with Crippen LogP contribution in [0.3, 0.4) is 0 Å². The maximum Gasteiger partial charge on any atom is 0.295 e. The number of hydrogen-bond donors (Lipinski definition) is 1. The number of fused-ring (bicyclic) bond motifs is 1. The average Bonchev–Trinajstić information content (AvgIpc) is 3.62. The molecule has 11 nitrogen and oxygen atoms in total. The fourth-order valence-corrected chi connectivity index (χ4v) is 4.37. The Kier molecular flexibility index (Phi) is 6.15. The number of carbonyl (C=O) groups is 2. The molecule has 1 aliphatic heterocycles. The van der Waals surface area contributed by atoms with E-state index >= 15 is 0 Å². The number of methoxy groups -OCH3 is 1. The highest BCUT2D eigenvalue weighted by Crippen LogP contribution is 2.32. The minimum Gasteiger partial charge on any atom is -0.494 e. The van der Waals surface area contributed by atoms with E-state index in [4.69, 9.17) is 4.74 Å². The molecule has 11 heteroatoms. The second-order valence-corrected chi connectivity index (χ2v) is 8.08. The summed E-state index contributed by atoms with van der Waals surface area (Å²) in [6.07, 6.45) is 7.64. The lowest BCUT2D eigenvalue weighted by Gasteiger charge is -2.37. The summed E-state index contributed by atoms with van der Waals surface area (Å²) in [5.74, 6) is -0.437. The zero-order chi connectivity index (χ0) is 25.1. The topological polar surface area (TPSA) is 133 Å². The van der Waals surface area contributed by atoms with Crippen molar-refractivity contribution < 1.29 is 14.3 Å². The molecule has 0 aliphatic carbocycles. The van der Waals surface area contributed by atoms with Crippen LogP contribution in [0.1, 0.15) is 15.9 Å². The monoisotopic (exact) mass is 482 g/mol. The molecule has 1 saturated heterocycles. The van der Waals surface area contributed by atoms with Crippen LogP contribution in [-0.2, 0) is 4.79 Å². The van der Waals surface area contributed by atoms with Gasteiger partial charge in [-0.3, -0.25) is 9.59 Å². The van der Waals surface area contributed by atoms with Gasteiger partial charge >= 0.3 is 0 Å². The van der Waals surface area contributed by atoms with Crippen molar-refractivity contribution in [1.82, 2.24) is 34.8 Å². The van der Waals surface area contributed by atoms with Crippen molar-refractivity contribution in [2.24, 2.45) is 0 Å². The summed E-state index contributed by atoms with van der Waals surface area (Å²) in [6.45, 7) is 1.70. The highest BCUT2D eigenvalue weighted by molar-refractivity contribution is 6.45. The average molecular weight is 483 g/mol. The van der Waals surface area contributed by atoms with Crippen LogP contribution >= 0.6 is 0 Å². The lowest BCUT2D eigenvalue weighted by Crippen LogP contribution is -2.49. The van der Waals surface area contributed by atoms with E-state index in [-0.39, 0.29) is 5.56 Å². The van der Waals surface area contributed by atoms with Gasteiger partial charge in [-0.05, 0) is 5.56 Å². The standard InChI is InChI=1S/C25H22N8O3/c1-36-20-16-28-24(33-10-9-29-30-33)22-21(20)18(15-27-22)23(34)25(35)32-13-11-31(12-14-32)19(7-8-26)17-5-3-2-4-6-17/h2-7,9-10,15-16,27H,11-14H2,1H3. The second kappa shape index (κ2) is 9.71. The van der Waals surface area contributed by atoms with Crippen molar-refractivity contribution >= 4 is 28.3 Å². The van der Waals surface area contributed by atoms with Gasteiger partial charge in [0.2, 0.25) is 0 Å². The van der Waals surface area contributed by atoms with E-state index in [0.29, 0.717) is 48.6 Å². The van der Waals surface area contributed by atoms with E-state index in [9.17, 15) is 14.9 Å². The van der Waals surface area contributed by atoms with Crippen molar-refractivity contribution in [2.75, 3.05) is 33.3 Å². The van der Waals surface area contributed by atoms with Gasteiger partial charge in [0.25, 0.3) is 11.7 Å². The van der Waals surface area contributed by atoms with E-state index in [1.54, 1.807) is 11.1 Å². The quantitative estimate of drug-likeness (QED) is 0.251. The summed E-state index contributed by atoms with van der Waals surface area (Å²) in [6, 6.07) is 11.7. The number of nitrogens with zero attached hydrogens (tertiary/aromatic N) is 7. The fraction of sp³-hybridized carbons (Fsp3) is 0.200. The van der Waals surface area contributed by atoms with E-state index < -0.39 is 11.7 Å². The Morgan fingerprint density at radius 3 is 2.56 bits per heavy atom. The number of benzene rings is 1. The van der Waals surface area contributed by atoms with Crippen molar-refractivity contribution in [2.45, 2.75) is 0 Å². The molecule has 0 spiro atoms. The molecule has 1 fully saturated rings. The molecule has 1 aliphatic rings. The lowest BCUT2D eigenvalue weighted by atomic mass is 10.1. The molecule has 0 saturated carbocycles. The van der Waals surface area contributed by atoms with Gasteiger partial charge in [0.05, 0.1) is 53.9 Å². The summed E-state index contributed by atoms with van der Waals surface area (Å²) in [7, 11) is 1.48. The third-order valence-electron chi connectivity index (χ3n) is 6.13. The fourth-order valence-electron chi connectivity index (χ4n) is 4.37. The van der Waals surface area contributed by atoms with Gasteiger partial charge in [0, 0.05) is 38.5 Å². The second-order valence-electron chi connectivity index (χ2n) is 8.08. The molecule has 1 N–H and O–H groups in total. The van der Waals surface area contributed by atoms with Crippen LogP contribution in [0, 0.1) is 11.3 Å². The number of pyridine rings is 1. The number of ketones is 1. The minimum absolute atomic E-state index is 0.201. The summed E-state index contributed by atoms with van der Waals surface area (Å²) in [5.41, 5.74) is 2.44. The minimum atomic E-state index is -0.639.